The van der Waals surface area contributed by atoms with E-state index in [9.17, 15) is 0 Å². The molecule has 2 aromatic rings. The minimum absolute atomic E-state index is 0.184. The Hall–Kier alpha value is -1.01. The van der Waals surface area contributed by atoms with Gasteiger partial charge in [0, 0.05) is 4.47 Å². The van der Waals surface area contributed by atoms with E-state index in [-0.39, 0.29) is 5.75 Å². The third kappa shape index (κ3) is 5.10. The van der Waals surface area contributed by atoms with Gasteiger partial charge in [0.15, 0.2) is 0 Å². The highest BCUT2D eigenvalue weighted by Crippen LogP contribution is 2.25. The lowest BCUT2D eigenvalue weighted by Crippen LogP contribution is -2.29. The van der Waals surface area contributed by atoms with Crippen molar-refractivity contribution in [1.29, 1.82) is 0 Å². The predicted molar refractivity (Wildman–Crippen MR) is 77.1 cm³/mol. The standard InChI is InChI=1S/C6H7BO2.C6H4BrClO/c8-7(9)6-4-2-1-3-5-6;7-5-2-1-4(9)3-6(5)8/h1-5,8-9H;1-3,9H. The van der Waals surface area contributed by atoms with Crippen LogP contribution in [0.3, 0.4) is 0 Å². The number of hydrogen-bond donors (Lipinski definition) is 3. The molecule has 0 unspecified atom stereocenters. The van der Waals surface area contributed by atoms with Gasteiger partial charge in [-0.05, 0) is 39.6 Å². The molecule has 0 spiro atoms. The summed E-state index contributed by atoms with van der Waals surface area (Å²) in [5.41, 5.74) is 0.525. The largest absolute Gasteiger partial charge is 0.508 e. The third-order valence-electron chi connectivity index (χ3n) is 2.00. The molecule has 0 aliphatic heterocycles. The maximum absolute atomic E-state index is 8.83. The predicted octanol–water partition coefficient (Wildman–Crippen LogP) is 2.17. The molecule has 0 atom stereocenters. The van der Waals surface area contributed by atoms with E-state index in [1.165, 1.54) is 6.07 Å². The Morgan fingerprint density at radius 1 is 1.00 bits per heavy atom. The van der Waals surface area contributed by atoms with Gasteiger partial charge < -0.3 is 15.2 Å². The quantitative estimate of drug-likeness (QED) is 0.703. The van der Waals surface area contributed by atoms with Gasteiger partial charge >= 0.3 is 7.12 Å². The van der Waals surface area contributed by atoms with Crippen LogP contribution in [-0.4, -0.2) is 22.3 Å². The van der Waals surface area contributed by atoms with E-state index in [4.69, 9.17) is 26.8 Å². The molecule has 0 fully saturated rings. The summed E-state index contributed by atoms with van der Waals surface area (Å²) in [4.78, 5) is 0. The molecule has 0 saturated heterocycles. The lowest BCUT2D eigenvalue weighted by molar-refractivity contribution is 0.426. The van der Waals surface area contributed by atoms with E-state index in [0.717, 1.165) is 4.47 Å². The lowest BCUT2D eigenvalue weighted by atomic mass is 9.81. The monoisotopic (exact) mass is 328 g/mol. The number of benzene rings is 2. The fourth-order valence-corrected chi connectivity index (χ4v) is 1.53. The van der Waals surface area contributed by atoms with Gasteiger partial charge in [-0.15, -0.1) is 0 Å². The molecule has 0 bridgehead atoms. The van der Waals surface area contributed by atoms with E-state index in [1.54, 1.807) is 36.4 Å². The van der Waals surface area contributed by atoms with Gasteiger partial charge in [0.1, 0.15) is 5.75 Å². The first kappa shape index (κ1) is 15.1. The van der Waals surface area contributed by atoms with Gasteiger partial charge in [-0.3, -0.25) is 0 Å². The Labute approximate surface area is 119 Å². The van der Waals surface area contributed by atoms with Gasteiger partial charge in [-0.2, -0.15) is 0 Å². The average Bonchev–Trinajstić information content (AvgIpc) is 2.36. The van der Waals surface area contributed by atoms with Crippen molar-refractivity contribution in [3.8, 4) is 5.75 Å². The van der Waals surface area contributed by atoms with Crippen LogP contribution in [0.4, 0.5) is 0 Å². The highest BCUT2D eigenvalue weighted by Gasteiger charge is 2.07. The molecule has 6 heteroatoms. The summed E-state index contributed by atoms with van der Waals surface area (Å²) in [6, 6.07) is 13.4. The second-order valence-electron chi connectivity index (χ2n) is 3.38. The first-order valence-electron chi connectivity index (χ1n) is 5.06. The molecule has 0 aliphatic carbocycles. The van der Waals surface area contributed by atoms with Crippen LogP contribution >= 0.6 is 27.5 Å². The zero-order valence-electron chi connectivity index (χ0n) is 9.29. The van der Waals surface area contributed by atoms with Crippen molar-refractivity contribution in [3.63, 3.8) is 0 Å². The Bertz CT molecular complexity index is 494. The molecule has 2 aromatic carbocycles. The summed E-state index contributed by atoms with van der Waals surface area (Å²) in [5.74, 6) is 0.184. The Morgan fingerprint density at radius 3 is 2.00 bits per heavy atom. The van der Waals surface area contributed by atoms with Gasteiger partial charge in [-0.1, -0.05) is 41.9 Å². The summed E-state index contributed by atoms with van der Waals surface area (Å²) in [5, 5.41) is 26.5. The Kier molecular flexibility index (Phi) is 6.22. The van der Waals surface area contributed by atoms with Crippen molar-refractivity contribution in [2.75, 3.05) is 0 Å². The summed E-state index contributed by atoms with van der Waals surface area (Å²) in [6.07, 6.45) is 0. The van der Waals surface area contributed by atoms with Crippen LogP contribution in [0.2, 0.25) is 5.02 Å². The molecule has 0 amide bonds. The minimum atomic E-state index is -1.34. The zero-order chi connectivity index (χ0) is 13.5. The van der Waals surface area contributed by atoms with E-state index in [2.05, 4.69) is 15.9 Å². The molecule has 3 nitrogen and oxygen atoms in total. The maximum atomic E-state index is 8.83. The molecule has 0 heterocycles. The second-order valence-corrected chi connectivity index (χ2v) is 4.64. The van der Waals surface area contributed by atoms with Crippen molar-refractivity contribution in [1.82, 2.24) is 0 Å². The Morgan fingerprint density at radius 2 is 1.61 bits per heavy atom. The Balaban J connectivity index is 0.000000180. The zero-order valence-corrected chi connectivity index (χ0v) is 11.6. The SMILES string of the molecule is OB(O)c1ccccc1.Oc1ccc(Br)c(Cl)c1. The van der Waals surface area contributed by atoms with Gasteiger partial charge in [0.05, 0.1) is 5.02 Å². The molecule has 0 radical (unpaired) electrons. The van der Waals surface area contributed by atoms with Gasteiger partial charge in [-0.25, -0.2) is 0 Å². The van der Waals surface area contributed by atoms with Crippen LogP contribution in [0.25, 0.3) is 0 Å². The first-order chi connectivity index (χ1) is 8.50. The minimum Gasteiger partial charge on any atom is -0.508 e. The van der Waals surface area contributed by atoms with Crippen molar-refractivity contribution in [3.05, 3.63) is 58.0 Å². The number of rotatable bonds is 1. The van der Waals surface area contributed by atoms with Crippen LogP contribution in [0.1, 0.15) is 0 Å². The average molecular weight is 329 g/mol. The highest BCUT2D eigenvalue weighted by molar-refractivity contribution is 9.10. The molecule has 0 saturated carbocycles. The highest BCUT2D eigenvalue weighted by atomic mass is 79.9. The van der Waals surface area contributed by atoms with Crippen LogP contribution in [0.5, 0.6) is 5.75 Å². The number of phenols is 1. The normalized spacial score (nSPS) is 9.33. The second kappa shape index (κ2) is 7.43. The topological polar surface area (TPSA) is 60.7 Å². The van der Waals surface area contributed by atoms with Crippen molar-refractivity contribution < 1.29 is 15.2 Å². The third-order valence-corrected chi connectivity index (χ3v) is 3.23. The molecule has 94 valence electrons. The van der Waals surface area contributed by atoms with Gasteiger partial charge in [0.25, 0.3) is 0 Å². The van der Waals surface area contributed by atoms with Gasteiger partial charge in [0.2, 0.25) is 0 Å². The summed E-state index contributed by atoms with van der Waals surface area (Å²) in [7, 11) is -1.34. The molecular weight excluding hydrogens is 318 g/mol. The molecule has 0 aromatic heterocycles. The lowest BCUT2D eigenvalue weighted by Gasteiger charge is -1.94. The summed E-state index contributed by atoms with van der Waals surface area (Å²) < 4.78 is 0.793. The first-order valence-corrected chi connectivity index (χ1v) is 6.23. The fourth-order valence-electron chi connectivity index (χ4n) is 1.11. The van der Waals surface area contributed by atoms with E-state index in [0.29, 0.717) is 10.5 Å². The maximum Gasteiger partial charge on any atom is 0.488 e. The smallest absolute Gasteiger partial charge is 0.488 e. The molecule has 3 N–H and O–H groups in total. The van der Waals surface area contributed by atoms with Crippen LogP contribution in [-0.2, 0) is 0 Å². The van der Waals surface area contributed by atoms with E-state index < -0.39 is 7.12 Å². The molecule has 0 aliphatic rings. The van der Waals surface area contributed by atoms with Crippen molar-refractivity contribution >= 4 is 40.1 Å². The van der Waals surface area contributed by atoms with Crippen LogP contribution in [0.15, 0.2) is 53.0 Å². The van der Waals surface area contributed by atoms with Crippen molar-refractivity contribution in [2.45, 2.75) is 0 Å². The van der Waals surface area contributed by atoms with Crippen LogP contribution in [0, 0.1) is 0 Å². The van der Waals surface area contributed by atoms with Crippen molar-refractivity contribution in [2.24, 2.45) is 0 Å². The van der Waals surface area contributed by atoms with E-state index in [1.807, 2.05) is 6.07 Å². The van der Waals surface area contributed by atoms with E-state index >= 15 is 0 Å². The van der Waals surface area contributed by atoms with Crippen LogP contribution < -0.4 is 5.46 Å². The molecule has 2 rings (SSSR count). The number of phenolic OH excluding ortho intramolecular Hbond substituents is 1. The fraction of sp³-hybridized carbons (Fsp3) is 0. The summed E-state index contributed by atoms with van der Waals surface area (Å²) >= 11 is 8.79. The number of hydrogen-bond acceptors (Lipinski definition) is 3. The number of halogens is 2. The molecular formula is C12H11BBrClO3. The molecule has 18 heavy (non-hydrogen) atoms. The number of aromatic hydroxyl groups is 1. The summed E-state index contributed by atoms with van der Waals surface area (Å²) in [6.45, 7) is 0.